The molecule has 1 heterocycles. The van der Waals surface area contributed by atoms with Crippen molar-refractivity contribution in [1.82, 2.24) is 4.31 Å². The minimum Gasteiger partial charge on any atom is -0.373 e. The lowest BCUT2D eigenvalue weighted by atomic mass is 10.1. The molecule has 182 valence electrons. The van der Waals surface area contributed by atoms with Gasteiger partial charge in [-0.15, -0.1) is 0 Å². The minimum absolute atomic E-state index is 0.0322. The molecule has 0 aromatic heterocycles. The molecule has 9 nitrogen and oxygen atoms in total. The highest BCUT2D eigenvalue weighted by molar-refractivity contribution is 7.89. The molecule has 2 aromatic rings. The fraction of sp³-hybridized carbons (Fsp3) is 0.458. The molecule has 2 N–H and O–H groups in total. The minimum atomic E-state index is -3.79. The van der Waals surface area contributed by atoms with Crippen LogP contribution in [0.4, 0.5) is 17.1 Å². The molecule has 1 saturated heterocycles. The number of sulfonamides is 1. The SMILES string of the molecule is CC(Nc1ccc(S(=O)(=O)N2CCCCCC2)cc1[N+](=O)[O-])c1ccc(NC(=O)C2CC2)cc1. The Hall–Kier alpha value is -2.98. The quantitative estimate of drug-likeness (QED) is 0.413. The van der Waals surface area contributed by atoms with Crippen LogP contribution in [0.25, 0.3) is 0 Å². The van der Waals surface area contributed by atoms with Gasteiger partial charge in [0.15, 0.2) is 0 Å². The topological polar surface area (TPSA) is 122 Å². The zero-order valence-corrected chi connectivity index (χ0v) is 20.0. The molecule has 4 rings (SSSR count). The molecule has 2 aromatic carbocycles. The summed E-state index contributed by atoms with van der Waals surface area (Å²) in [5.74, 6) is 0.150. The van der Waals surface area contributed by atoms with Crippen molar-refractivity contribution in [1.29, 1.82) is 0 Å². The summed E-state index contributed by atoms with van der Waals surface area (Å²) in [6.07, 6.45) is 5.42. The summed E-state index contributed by atoms with van der Waals surface area (Å²) >= 11 is 0. The highest BCUT2D eigenvalue weighted by Gasteiger charge is 2.30. The zero-order chi connectivity index (χ0) is 24.3. The highest BCUT2D eigenvalue weighted by Crippen LogP contribution is 2.33. The molecule has 0 spiro atoms. The molecule has 1 saturated carbocycles. The van der Waals surface area contributed by atoms with Gasteiger partial charge >= 0.3 is 0 Å². The van der Waals surface area contributed by atoms with Crippen LogP contribution >= 0.6 is 0 Å². The number of rotatable bonds is 8. The fourth-order valence-corrected chi connectivity index (χ4v) is 5.68. The Morgan fingerprint density at radius 1 is 1.06 bits per heavy atom. The number of nitrogens with zero attached hydrogens (tertiary/aromatic N) is 2. The second-order valence-corrected chi connectivity index (χ2v) is 10.9. The lowest BCUT2D eigenvalue weighted by Crippen LogP contribution is -2.32. The Balaban J connectivity index is 1.50. The first kappa shape index (κ1) is 24.2. The van der Waals surface area contributed by atoms with Crippen LogP contribution in [0.5, 0.6) is 0 Å². The van der Waals surface area contributed by atoms with Crippen molar-refractivity contribution in [2.75, 3.05) is 23.7 Å². The molecule has 2 fully saturated rings. The second kappa shape index (κ2) is 10.1. The number of amides is 1. The molecule has 1 aliphatic heterocycles. The summed E-state index contributed by atoms with van der Waals surface area (Å²) in [7, 11) is -3.79. The van der Waals surface area contributed by atoms with Crippen LogP contribution in [0, 0.1) is 16.0 Å². The van der Waals surface area contributed by atoms with E-state index in [4.69, 9.17) is 0 Å². The second-order valence-electron chi connectivity index (χ2n) is 9.01. The largest absolute Gasteiger partial charge is 0.373 e. The third-order valence-electron chi connectivity index (χ3n) is 6.37. The summed E-state index contributed by atoms with van der Waals surface area (Å²) in [5.41, 5.74) is 1.55. The Morgan fingerprint density at radius 3 is 2.29 bits per heavy atom. The first-order valence-corrected chi connectivity index (χ1v) is 13.2. The lowest BCUT2D eigenvalue weighted by Gasteiger charge is -2.21. The predicted molar refractivity (Wildman–Crippen MR) is 130 cm³/mol. The van der Waals surface area contributed by atoms with Gasteiger partial charge in [0.25, 0.3) is 5.69 Å². The third kappa shape index (κ3) is 5.56. The van der Waals surface area contributed by atoms with E-state index in [-0.39, 0.29) is 34.1 Å². The van der Waals surface area contributed by atoms with Crippen molar-refractivity contribution in [2.24, 2.45) is 5.92 Å². The fourth-order valence-electron chi connectivity index (χ4n) is 4.14. The molecule has 0 bridgehead atoms. The number of carbonyl (C=O) groups is 1. The molecule has 1 aliphatic carbocycles. The average Bonchev–Trinajstić information content (AvgIpc) is 3.67. The van der Waals surface area contributed by atoms with Crippen molar-refractivity contribution in [3.05, 3.63) is 58.1 Å². The van der Waals surface area contributed by atoms with E-state index >= 15 is 0 Å². The summed E-state index contributed by atoms with van der Waals surface area (Å²) in [5, 5.41) is 17.8. The van der Waals surface area contributed by atoms with E-state index in [1.165, 1.54) is 16.4 Å². The first-order valence-electron chi connectivity index (χ1n) is 11.7. The van der Waals surface area contributed by atoms with Gasteiger partial charge in [-0.3, -0.25) is 14.9 Å². The first-order chi connectivity index (χ1) is 16.3. The number of carbonyl (C=O) groups excluding carboxylic acids is 1. The molecule has 34 heavy (non-hydrogen) atoms. The van der Waals surface area contributed by atoms with Gasteiger partial charge in [-0.05, 0) is 62.4 Å². The van der Waals surface area contributed by atoms with E-state index in [0.29, 0.717) is 18.8 Å². The van der Waals surface area contributed by atoms with Gasteiger partial charge < -0.3 is 10.6 Å². The maximum Gasteiger partial charge on any atom is 0.293 e. The van der Waals surface area contributed by atoms with Gasteiger partial charge in [0.05, 0.1) is 9.82 Å². The number of nitro benzene ring substituents is 1. The van der Waals surface area contributed by atoms with Gasteiger partial charge in [-0.2, -0.15) is 4.31 Å². The molecule has 10 heteroatoms. The number of anilines is 2. The predicted octanol–water partition coefficient (Wildman–Crippen LogP) is 4.68. The number of benzene rings is 2. The number of hydrogen-bond acceptors (Lipinski definition) is 6. The van der Waals surface area contributed by atoms with Crippen LogP contribution in [0.1, 0.15) is 57.1 Å². The summed E-state index contributed by atoms with van der Waals surface area (Å²) < 4.78 is 27.6. The zero-order valence-electron chi connectivity index (χ0n) is 19.2. The summed E-state index contributed by atoms with van der Waals surface area (Å²) in [6.45, 7) is 2.73. The van der Waals surface area contributed by atoms with Gasteiger partial charge in [-0.25, -0.2) is 8.42 Å². The van der Waals surface area contributed by atoms with Crippen molar-refractivity contribution >= 4 is 33.0 Å². The number of nitrogens with one attached hydrogen (secondary N) is 2. The molecule has 1 unspecified atom stereocenters. The van der Waals surface area contributed by atoms with Crippen LogP contribution in [-0.2, 0) is 14.8 Å². The molecule has 1 amide bonds. The Morgan fingerprint density at radius 2 is 1.71 bits per heavy atom. The molecule has 0 radical (unpaired) electrons. The highest BCUT2D eigenvalue weighted by atomic mass is 32.2. The normalized spacial score (nSPS) is 18.0. The maximum absolute atomic E-state index is 13.1. The van der Waals surface area contributed by atoms with Crippen molar-refractivity contribution in [2.45, 2.75) is 56.4 Å². The van der Waals surface area contributed by atoms with Gasteiger partial charge in [0.2, 0.25) is 15.9 Å². The van der Waals surface area contributed by atoms with E-state index in [0.717, 1.165) is 50.2 Å². The van der Waals surface area contributed by atoms with E-state index in [2.05, 4.69) is 10.6 Å². The van der Waals surface area contributed by atoms with Crippen LogP contribution in [0.15, 0.2) is 47.4 Å². The summed E-state index contributed by atoms with van der Waals surface area (Å²) in [4.78, 5) is 23.1. The molecular formula is C24H30N4O5S. The van der Waals surface area contributed by atoms with Gasteiger partial charge in [0, 0.05) is 36.8 Å². The lowest BCUT2D eigenvalue weighted by molar-refractivity contribution is -0.384. The maximum atomic E-state index is 13.1. The van der Waals surface area contributed by atoms with E-state index in [1.807, 2.05) is 19.1 Å². The molecule has 2 aliphatic rings. The number of nitro groups is 1. The smallest absolute Gasteiger partial charge is 0.293 e. The third-order valence-corrected chi connectivity index (χ3v) is 8.26. The molecule has 1 atom stereocenters. The number of hydrogen-bond donors (Lipinski definition) is 2. The van der Waals surface area contributed by atoms with Crippen LogP contribution < -0.4 is 10.6 Å². The van der Waals surface area contributed by atoms with Crippen molar-refractivity contribution in [3.8, 4) is 0 Å². The van der Waals surface area contributed by atoms with Crippen LogP contribution in [0.2, 0.25) is 0 Å². The van der Waals surface area contributed by atoms with Crippen LogP contribution in [0.3, 0.4) is 0 Å². The van der Waals surface area contributed by atoms with E-state index in [9.17, 15) is 23.3 Å². The van der Waals surface area contributed by atoms with E-state index in [1.54, 1.807) is 12.1 Å². The monoisotopic (exact) mass is 486 g/mol. The van der Waals surface area contributed by atoms with E-state index < -0.39 is 14.9 Å². The standard InChI is InChI=1S/C24H30N4O5S/c1-17(18-8-10-20(11-9-18)26-24(29)19-6-7-19)25-22-13-12-21(16-23(22)28(30)31)34(32,33)27-14-4-2-3-5-15-27/h8-13,16-17,19,25H,2-7,14-15H2,1H3,(H,26,29). The Labute approximate surface area is 199 Å². The Kier molecular flexibility index (Phi) is 7.18. The molecular weight excluding hydrogens is 456 g/mol. The van der Waals surface area contributed by atoms with Gasteiger partial charge in [0.1, 0.15) is 5.69 Å². The van der Waals surface area contributed by atoms with Crippen molar-refractivity contribution in [3.63, 3.8) is 0 Å². The Bertz CT molecular complexity index is 1150. The van der Waals surface area contributed by atoms with Gasteiger partial charge in [-0.1, -0.05) is 25.0 Å². The van der Waals surface area contributed by atoms with Crippen molar-refractivity contribution < 1.29 is 18.1 Å². The summed E-state index contributed by atoms with van der Waals surface area (Å²) in [6, 6.07) is 11.1. The van der Waals surface area contributed by atoms with Crippen LogP contribution in [-0.4, -0.2) is 36.6 Å². The average molecular weight is 487 g/mol.